The maximum Gasteiger partial charge on any atom is 0 e. The number of benzene rings is 2. The van der Waals surface area contributed by atoms with E-state index in [4.69, 9.17) is 0 Å². The Morgan fingerprint density at radius 2 is 1.56 bits per heavy atom. The Bertz CT molecular complexity index is 889. The molecule has 4 rings (SSSR count). The molecule has 0 spiro atoms. The van der Waals surface area contributed by atoms with E-state index in [0.29, 0.717) is 0 Å². The maximum atomic E-state index is 3.53. The standard InChI is InChI=1S/C16H15.C10H15.Hf/c1-2-5-13-10-11-14-9-8-12-6-3-4-7-15(12)16(13)14;1-6-7(2)9(4)10(5)8(6)3;/h3-4,6-9H,2,5,11H2,1H3;1-5H3;/q2*-1;. The fraction of sp³-hybridized carbons (Fsp3) is 0.346. The molecule has 3 aromatic rings. The molecule has 1 aliphatic carbocycles. The van der Waals surface area contributed by atoms with Crippen LogP contribution in [0.15, 0.2) is 36.4 Å². The van der Waals surface area contributed by atoms with Crippen LogP contribution < -0.4 is 0 Å². The minimum absolute atomic E-state index is 0. The fourth-order valence-electron chi connectivity index (χ4n) is 3.98. The molecular weight excluding hydrogens is 491 g/mol. The van der Waals surface area contributed by atoms with Gasteiger partial charge in [-0.3, -0.25) is 6.08 Å². The second-order valence-electron chi connectivity index (χ2n) is 7.53. The van der Waals surface area contributed by atoms with Crippen molar-refractivity contribution in [3.63, 3.8) is 0 Å². The Morgan fingerprint density at radius 3 is 2.11 bits per heavy atom. The molecule has 0 amide bonds. The van der Waals surface area contributed by atoms with Crippen molar-refractivity contribution in [2.75, 3.05) is 0 Å². The van der Waals surface area contributed by atoms with Gasteiger partial charge in [-0.2, -0.15) is 33.4 Å². The second-order valence-corrected chi connectivity index (χ2v) is 7.53. The van der Waals surface area contributed by atoms with Crippen LogP contribution >= 0.6 is 0 Å². The smallest absolute Gasteiger partial charge is 0 e. The van der Waals surface area contributed by atoms with Gasteiger partial charge < -0.3 is 0 Å². The number of rotatable bonds is 2. The summed E-state index contributed by atoms with van der Waals surface area (Å²) in [5.74, 6) is 0. The normalized spacial score (nSPS) is 12.1. The van der Waals surface area contributed by atoms with Gasteiger partial charge in [-0.05, 0) is 5.39 Å². The summed E-state index contributed by atoms with van der Waals surface area (Å²) in [6.45, 7) is 13.2. The molecule has 140 valence electrons. The van der Waals surface area contributed by atoms with E-state index in [1.54, 1.807) is 0 Å². The fourth-order valence-corrected chi connectivity index (χ4v) is 3.98. The predicted molar refractivity (Wildman–Crippen MR) is 115 cm³/mol. The predicted octanol–water partition coefficient (Wildman–Crippen LogP) is 7.33. The summed E-state index contributed by atoms with van der Waals surface area (Å²) in [5, 5.41) is 2.74. The van der Waals surface area contributed by atoms with Gasteiger partial charge in [-0.1, -0.05) is 96.2 Å². The van der Waals surface area contributed by atoms with Crippen molar-refractivity contribution in [3.8, 4) is 0 Å². The zero-order valence-electron chi connectivity index (χ0n) is 17.6. The van der Waals surface area contributed by atoms with E-state index in [2.05, 4.69) is 84.0 Å². The van der Waals surface area contributed by atoms with Gasteiger partial charge in [-0.25, -0.2) is 5.57 Å². The van der Waals surface area contributed by atoms with Crippen LogP contribution in [0.2, 0.25) is 0 Å². The second kappa shape index (κ2) is 9.24. The van der Waals surface area contributed by atoms with Crippen LogP contribution in [0, 0.1) is 40.7 Å². The summed E-state index contributed by atoms with van der Waals surface area (Å²) in [4.78, 5) is 0. The monoisotopic (exact) mass is 522 g/mol. The average molecular weight is 521 g/mol. The SMILES string of the molecule is CCCC1=[C-]Cc2ccc3ccccc3c21.Cc1c(C)c(C)[c-](C)c1C.[Hf]. The van der Waals surface area contributed by atoms with Crippen molar-refractivity contribution in [1.82, 2.24) is 0 Å². The van der Waals surface area contributed by atoms with E-state index >= 15 is 0 Å². The van der Waals surface area contributed by atoms with Crippen molar-refractivity contribution in [2.45, 2.75) is 60.8 Å². The van der Waals surface area contributed by atoms with Gasteiger partial charge >= 0.3 is 0 Å². The molecule has 27 heavy (non-hydrogen) atoms. The number of fused-ring (bicyclic) bond motifs is 3. The van der Waals surface area contributed by atoms with Crippen LogP contribution in [0.5, 0.6) is 0 Å². The molecule has 0 saturated carbocycles. The molecule has 1 aliphatic rings. The van der Waals surface area contributed by atoms with Crippen LogP contribution in [-0.4, -0.2) is 0 Å². The first kappa shape index (κ1) is 22.0. The van der Waals surface area contributed by atoms with Gasteiger partial charge in [0.1, 0.15) is 0 Å². The molecule has 0 bridgehead atoms. The van der Waals surface area contributed by atoms with E-state index in [0.717, 1.165) is 12.8 Å². The third-order valence-electron chi connectivity index (χ3n) is 6.12. The summed E-state index contributed by atoms with van der Waals surface area (Å²) in [6, 6.07) is 13.1. The molecular formula is C26H30Hf-2. The molecule has 0 fully saturated rings. The van der Waals surface area contributed by atoms with Gasteiger partial charge in [0.2, 0.25) is 0 Å². The van der Waals surface area contributed by atoms with Crippen LogP contribution in [0.3, 0.4) is 0 Å². The minimum Gasteiger partial charge on any atom is -0.268 e. The van der Waals surface area contributed by atoms with E-state index in [-0.39, 0.29) is 25.8 Å². The summed E-state index contributed by atoms with van der Waals surface area (Å²) >= 11 is 0. The van der Waals surface area contributed by atoms with Gasteiger partial charge in [0.25, 0.3) is 0 Å². The molecule has 0 saturated heterocycles. The van der Waals surface area contributed by atoms with Crippen molar-refractivity contribution in [3.05, 3.63) is 81.4 Å². The van der Waals surface area contributed by atoms with E-state index in [9.17, 15) is 0 Å². The van der Waals surface area contributed by atoms with Crippen molar-refractivity contribution in [2.24, 2.45) is 0 Å². The van der Waals surface area contributed by atoms with Gasteiger partial charge in [0, 0.05) is 25.8 Å². The summed E-state index contributed by atoms with van der Waals surface area (Å²) < 4.78 is 0. The molecule has 3 aromatic carbocycles. The number of hydrogen-bond acceptors (Lipinski definition) is 0. The Labute approximate surface area is 183 Å². The quantitative estimate of drug-likeness (QED) is 0.245. The summed E-state index contributed by atoms with van der Waals surface area (Å²) in [6.07, 6.45) is 6.88. The van der Waals surface area contributed by atoms with E-state index in [1.807, 2.05) is 0 Å². The Kier molecular flexibility index (Phi) is 7.51. The van der Waals surface area contributed by atoms with Crippen molar-refractivity contribution in [1.29, 1.82) is 0 Å². The molecule has 0 nitrogen and oxygen atoms in total. The molecule has 1 heteroatoms. The Morgan fingerprint density at radius 1 is 0.926 bits per heavy atom. The number of allylic oxidation sites excluding steroid dienone is 2. The molecule has 0 unspecified atom stereocenters. The zero-order chi connectivity index (χ0) is 18.8. The van der Waals surface area contributed by atoms with Gasteiger partial charge in [0.05, 0.1) is 0 Å². The average Bonchev–Trinajstić information content (AvgIpc) is 3.15. The topological polar surface area (TPSA) is 0 Å². The van der Waals surface area contributed by atoms with E-state index < -0.39 is 0 Å². The third-order valence-corrected chi connectivity index (χ3v) is 6.12. The minimum atomic E-state index is 0. The molecule has 0 N–H and O–H groups in total. The largest absolute Gasteiger partial charge is 0.268 e. The van der Waals surface area contributed by atoms with Crippen LogP contribution in [0.25, 0.3) is 16.3 Å². The maximum absolute atomic E-state index is 3.53. The van der Waals surface area contributed by atoms with Gasteiger partial charge in [0.15, 0.2) is 0 Å². The zero-order valence-corrected chi connectivity index (χ0v) is 21.2. The van der Waals surface area contributed by atoms with Crippen molar-refractivity contribution < 1.29 is 25.8 Å². The number of hydrogen-bond donors (Lipinski definition) is 0. The molecule has 0 heterocycles. The van der Waals surface area contributed by atoms with Gasteiger partial charge in [-0.15, -0.1) is 12.0 Å². The molecule has 0 aromatic heterocycles. The Hall–Kier alpha value is -1.34. The van der Waals surface area contributed by atoms with Crippen LogP contribution in [0.4, 0.5) is 0 Å². The summed E-state index contributed by atoms with van der Waals surface area (Å²) in [5.41, 5.74) is 11.7. The molecule has 0 radical (unpaired) electrons. The van der Waals surface area contributed by atoms with E-state index in [1.165, 1.54) is 61.7 Å². The first-order chi connectivity index (χ1) is 12.5. The van der Waals surface area contributed by atoms with Crippen LogP contribution in [0.1, 0.15) is 58.7 Å². The first-order valence-electron chi connectivity index (χ1n) is 9.76. The molecule has 0 aliphatic heterocycles. The summed E-state index contributed by atoms with van der Waals surface area (Å²) in [7, 11) is 0. The van der Waals surface area contributed by atoms with Crippen LogP contribution in [-0.2, 0) is 32.3 Å². The third kappa shape index (κ3) is 4.24. The van der Waals surface area contributed by atoms with Crippen molar-refractivity contribution >= 4 is 16.3 Å². The Balaban J connectivity index is 0.000000208. The molecule has 0 atom stereocenters. The first-order valence-corrected chi connectivity index (χ1v) is 9.76.